The second-order valence-corrected chi connectivity index (χ2v) is 8.19. The first kappa shape index (κ1) is 20.7. The lowest BCUT2D eigenvalue weighted by atomic mass is 10.1. The van der Waals surface area contributed by atoms with Crippen LogP contribution in [0.1, 0.15) is 26.2 Å². The maximum Gasteiger partial charge on any atom is 0.213 e. The number of ether oxygens (including phenoxy) is 1. The zero-order chi connectivity index (χ0) is 18.7. The summed E-state index contributed by atoms with van der Waals surface area (Å²) >= 11 is 0. The van der Waals surface area contributed by atoms with Crippen LogP contribution in [-0.2, 0) is 21.3 Å². The summed E-state index contributed by atoms with van der Waals surface area (Å²) in [4.78, 5) is 4.35. The SMILES string of the molecule is CCNC(=NCCS(=O)(=O)NCC1CCCCO1)NCCn1cccc1. The van der Waals surface area contributed by atoms with Crippen molar-refractivity contribution in [2.45, 2.75) is 38.8 Å². The lowest BCUT2D eigenvalue weighted by Gasteiger charge is -2.22. The van der Waals surface area contributed by atoms with Crippen molar-refractivity contribution in [2.24, 2.45) is 4.99 Å². The summed E-state index contributed by atoms with van der Waals surface area (Å²) in [6.07, 6.45) is 7.06. The number of nitrogens with zero attached hydrogens (tertiary/aromatic N) is 2. The minimum absolute atomic E-state index is 0.00491. The second kappa shape index (κ2) is 11.2. The van der Waals surface area contributed by atoms with Gasteiger partial charge in [-0.15, -0.1) is 0 Å². The number of sulfonamides is 1. The fourth-order valence-corrected chi connectivity index (χ4v) is 3.62. The Kier molecular flexibility index (Phi) is 8.93. The van der Waals surface area contributed by atoms with Crippen LogP contribution in [0.15, 0.2) is 29.5 Å². The van der Waals surface area contributed by atoms with Crippen molar-refractivity contribution in [3.05, 3.63) is 24.5 Å². The Morgan fingerprint density at radius 2 is 2.08 bits per heavy atom. The lowest BCUT2D eigenvalue weighted by molar-refractivity contribution is 0.0200. The van der Waals surface area contributed by atoms with Crippen LogP contribution in [0.4, 0.5) is 0 Å². The van der Waals surface area contributed by atoms with Crippen LogP contribution in [-0.4, -0.2) is 63.6 Å². The minimum atomic E-state index is -3.34. The van der Waals surface area contributed by atoms with Crippen molar-refractivity contribution in [3.63, 3.8) is 0 Å². The zero-order valence-corrected chi connectivity index (χ0v) is 16.3. The minimum Gasteiger partial charge on any atom is -0.377 e. The molecule has 0 saturated carbocycles. The van der Waals surface area contributed by atoms with E-state index in [1.165, 1.54) is 0 Å². The molecule has 2 rings (SSSR count). The van der Waals surface area contributed by atoms with Crippen molar-refractivity contribution in [1.82, 2.24) is 19.9 Å². The third kappa shape index (κ3) is 8.20. The number of rotatable bonds is 10. The van der Waals surface area contributed by atoms with E-state index < -0.39 is 10.0 Å². The van der Waals surface area contributed by atoms with Crippen molar-refractivity contribution in [2.75, 3.05) is 38.5 Å². The molecular weight excluding hydrogens is 354 g/mol. The van der Waals surface area contributed by atoms with Crippen molar-refractivity contribution in [3.8, 4) is 0 Å². The Morgan fingerprint density at radius 1 is 1.27 bits per heavy atom. The van der Waals surface area contributed by atoms with Crippen LogP contribution in [0.25, 0.3) is 0 Å². The molecule has 0 radical (unpaired) electrons. The Bertz CT molecular complexity index is 625. The summed E-state index contributed by atoms with van der Waals surface area (Å²) in [5, 5.41) is 6.34. The summed E-state index contributed by atoms with van der Waals surface area (Å²) in [5.74, 6) is 0.596. The van der Waals surface area contributed by atoms with Crippen LogP contribution in [0.2, 0.25) is 0 Å². The quantitative estimate of drug-likeness (QED) is 0.403. The lowest BCUT2D eigenvalue weighted by Crippen LogP contribution is -2.40. The van der Waals surface area contributed by atoms with Crippen LogP contribution in [0.5, 0.6) is 0 Å². The average molecular weight is 386 g/mol. The maximum atomic E-state index is 12.1. The van der Waals surface area contributed by atoms with E-state index in [-0.39, 0.29) is 18.4 Å². The van der Waals surface area contributed by atoms with Crippen molar-refractivity contribution >= 4 is 16.0 Å². The summed E-state index contributed by atoms with van der Waals surface area (Å²) in [6, 6.07) is 3.96. The molecule has 0 aliphatic carbocycles. The first-order valence-electron chi connectivity index (χ1n) is 9.31. The highest BCUT2D eigenvalue weighted by molar-refractivity contribution is 7.89. The number of guanidine groups is 1. The molecule has 0 spiro atoms. The molecule has 0 aromatic carbocycles. The van der Waals surface area contributed by atoms with Crippen LogP contribution in [0.3, 0.4) is 0 Å². The smallest absolute Gasteiger partial charge is 0.213 e. The molecule has 1 atom stereocenters. The van der Waals surface area contributed by atoms with Gasteiger partial charge >= 0.3 is 0 Å². The van der Waals surface area contributed by atoms with E-state index in [1.54, 1.807) is 0 Å². The third-order valence-corrected chi connectivity index (χ3v) is 5.43. The molecule has 148 valence electrons. The molecule has 26 heavy (non-hydrogen) atoms. The molecule has 1 fully saturated rings. The van der Waals surface area contributed by atoms with Gasteiger partial charge in [0, 0.05) is 45.2 Å². The summed E-state index contributed by atoms with van der Waals surface area (Å²) in [5.41, 5.74) is 0. The van der Waals surface area contributed by atoms with Gasteiger partial charge in [0.15, 0.2) is 5.96 Å². The van der Waals surface area contributed by atoms with Gasteiger partial charge < -0.3 is 19.9 Å². The van der Waals surface area contributed by atoms with E-state index in [1.807, 2.05) is 31.5 Å². The van der Waals surface area contributed by atoms with Gasteiger partial charge in [-0.05, 0) is 38.3 Å². The predicted octanol–water partition coefficient (Wildman–Crippen LogP) is 0.532. The summed E-state index contributed by atoms with van der Waals surface area (Å²) < 4.78 is 34.4. The van der Waals surface area contributed by atoms with Gasteiger partial charge in [-0.2, -0.15) is 0 Å². The highest BCUT2D eigenvalue weighted by Gasteiger charge is 2.17. The monoisotopic (exact) mass is 385 g/mol. The second-order valence-electron chi connectivity index (χ2n) is 6.26. The van der Waals surface area contributed by atoms with E-state index in [2.05, 4.69) is 24.9 Å². The number of aliphatic imine (C=N–C) groups is 1. The van der Waals surface area contributed by atoms with E-state index in [9.17, 15) is 8.42 Å². The summed E-state index contributed by atoms with van der Waals surface area (Å²) in [6.45, 7) is 5.51. The van der Waals surface area contributed by atoms with Crippen LogP contribution in [0, 0.1) is 0 Å². The molecule has 8 nitrogen and oxygen atoms in total. The normalized spacial score (nSPS) is 18.7. The zero-order valence-electron chi connectivity index (χ0n) is 15.5. The number of hydrogen-bond donors (Lipinski definition) is 3. The Hall–Kier alpha value is -1.58. The van der Waals surface area contributed by atoms with Crippen molar-refractivity contribution < 1.29 is 13.2 Å². The van der Waals surface area contributed by atoms with Crippen LogP contribution < -0.4 is 15.4 Å². The number of aromatic nitrogens is 1. The van der Waals surface area contributed by atoms with Gasteiger partial charge in [0.05, 0.1) is 18.4 Å². The van der Waals surface area contributed by atoms with Gasteiger partial charge in [0.25, 0.3) is 0 Å². The molecular formula is C17H31N5O3S. The molecule has 1 aliphatic heterocycles. The molecule has 1 aromatic heterocycles. The first-order valence-corrected chi connectivity index (χ1v) is 11.0. The molecule has 0 bridgehead atoms. The molecule has 0 amide bonds. The Morgan fingerprint density at radius 3 is 2.77 bits per heavy atom. The Balaban J connectivity index is 1.70. The first-order chi connectivity index (χ1) is 12.6. The van der Waals surface area contributed by atoms with E-state index in [0.717, 1.165) is 39.0 Å². The van der Waals surface area contributed by atoms with Gasteiger partial charge in [0.2, 0.25) is 10.0 Å². The summed E-state index contributed by atoms with van der Waals surface area (Å²) in [7, 11) is -3.34. The molecule has 1 aromatic rings. The molecule has 1 saturated heterocycles. The maximum absolute atomic E-state index is 12.1. The number of nitrogens with one attached hydrogen (secondary N) is 3. The fraction of sp³-hybridized carbons (Fsp3) is 0.706. The topological polar surface area (TPSA) is 96.8 Å². The molecule has 9 heteroatoms. The highest BCUT2D eigenvalue weighted by atomic mass is 32.2. The average Bonchev–Trinajstić information content (AvgIpc) is 3.14. The Labute approximate surface area is 156 Å². The molecule has 1 aliphatic rings. The number of hydrogen-bond acceptors (Lipinski definition) is 4. The van der Waals surface area contributed by atoms with E-state index in [4.69, 9.17) is 4.74 Å². The van der Waals surface area contributed by atoms with E-state index >= 15 is 0 Å². The highest BCUT2D eigenvalue weighted by Crippen LogP contribution is 2.11. The van der Waals surface area contributed by atoms with Crippen molar-refractivity contribution in [1.29, 1.82) is 0 Å². The van der Waals surface area contributed by atoms with Gasteiger partial charge in [0.1, 0.15) is 0 Å². The molecule has 2 heterocycles. The van der Waals surface area contributed by atoms with E-state index in [0.29, 0.717) is 19.0 Å². The fourth-order valence-electron chi connectivity index (χ4n) is 2.70. The molecule has 3 N–H and O–H groups in total. The van der Waals surface area contributed by atoms with Gasteiger partial charge in [-0.25, -0.2) is 13.1 Å². The third-order valence-electron chi connectivity index (χ3n) is 4.11. The van der Waals surface area contributed by atoms with Gasteiger partial charge in [-0.3, -0.25) is 4.99 Å². The van der Waals surface area contributed by atoms with Crippen LogP contribution >= 0.6 is 0 Å². The van der Waals surface area contributed by atoms with Gasteiger partial charge in [-0.1, -0.05) is 0 Å². The standard InChI is InChI=1S/C17H31N5O3S/c1-2-18-17(19-8-12-22-10-4-5-11-22)20-9-14-26(23,24)21-15-16-7-3-6-13-25-16/h4-5,10-11,16,21H,2-3,6-9,12-15H2,1H3,(H2,18,19,20). The largest absolute Gasteiger partial charge is 0.377 e. The predicted molar refractivity (Wildman–Crippen MR) is 104 cm³/mol. The molecule has 1 unspecified atom stereocenters.